The Kier molecular flexibility index (Phi) is 4.65. The molecule has 2 heteroatoms. The SMILES string of the molecule is CCC(C)(C)N(C)CC1CC(C)(C)CCC1O. The molecule has 0 heterocycles. The van der Waals surface area contributed by atoms with Gasteiger partial charge in [0.2, 0.25) is 0 Å². The third-order valence-corrected chi connectivity index (χ3v) is 4.88. The molecule has 0 radical (unpaired) electrons. The lowest BCUT2D eigenvalue weighted by Gasteiger charge is -2.43. The second kappa shape index (κ2) is 5.27. The molecule has 17 heavy (non-hydrogen) atoms. The van der Waals surface area contributed by atoms with E-state index in [0.29, 0.717) is 11.3 Å². The predicted molar refractivity (Wildman–Crippen MR) is 74.1 cm³/mol. The highest BCUT2D eigenvalue weighted by atomic mass is 16.3. The molecule has 2 nitrogen and oxygen atoms in total. The average Bonchev–Trinajstić information content (AvgIpc) is 2.23. The van der Waals surface area contributed by atoms with Crippen LogP contribution >= 0.6 is 0 Å². The van der Waals surface area contributed by atoms with Gasteiger partial charge in [-0.25, -0.2) is 0 Å². The van der Waals surface area contributed by atoms with E-state index in [1.54, 1.807) is 0 Å². The number of hydrogen-bond donors (Lipinski definition) is 1. The van der Waals surface area contributed by atoms with E-state index in [4.69, 9.17) is 0 Å². The molecular formula is C15H31NO. The molecule has 0 aromatic rings. The van der Waals surface area contributed by atoms with Crippen molar-refractivity contribution in [2.45, 2.75) is 71.9 Å². The van der Waals surface area contributed by atoms with Crippen LogP contribution in [0.25, 0.3) is 0 Å². The Bertz CT molecular complexity index is 247. The van der Waals surface area contributed by atoms with Crippen molar-refractivity contribution < 1.29 is 5.11 Å². The summed E-state index contributed by atoms with van der Waals surface area (Å²) in [6.07, 6.45) is 4.33. The minimum absolute atomic E-state index is 0.0990. The van der Waals surface area contributed by atoms with Crippen LogP contribution in [-0.4, -0.2) is 35.2 Å². The van der Waals surface area contributed by atoms with Crippen molar-refractivity contribution in [2.75, 3.05) is 13.6 Å². The number of hydrogen-bond acceptors (Lipinski definition) is 2. The van der Waals surface area contributed by atoms with E-state index in [9.17, 15) is 5.11 Å². The van der Waals surface area contributed by atoms with Gasteiger partial charge in [0, 0.05) is 12.1 Å². The summed E-state index contributed by atoms with van der Waals surface area (Å²) in [5.74, 6) is 0.439. The second-order valence-electron chi connectivity index (χ2n) is 7.28. The number of aliphatic hydroxyl groups excluding tert-OH is 1. The minimum atomic E-state index is -0.0990. The molecule has 0 aromatic carbocycles. The van der Waals surface area contributed by atoms with E-state index in [-0.39, 0.29) is 11.6 Å². The maximum Gasteiger partial charge on any atom is 0.0581 e. The molecule has 0 aliphatic heterocycles. The summed E-state index contributed by atoms with van der Waals surface area (Å²) in [4.78, 5) is 2.42. The first kappa shape index (κ1) is 15.0. The summed E-state index contributed by atoms with van der Waals surface area (Å²) in [5, 5.41) is 10.2. The Balaban J connectivity index is 2.60. The van der Waals surface area contributed by atoms with Gasteiger partial charge < -0.3 is 10.0 Å². The average molecular weight is 241 g/mol. The Morgan fingerprint density at radius 3 is 2.47 bits per heavy atom. The summed E-state index contributed by atoms with van der Waals surface area (Å²) >= 11 is 0. The standard InChI is InChI=1S/C15H31NO/c1-7-15(4,5)16(6)11-12-10-14(2,3)9-8-13(12)17/h12-13,17H,7-11H2,1-6H3. The molecular weight excluding hydrogens is 210 g/mol. The summed E-state index contributed by atoms with van der Waals surface area (Å²) in [5.41, 5.74) is 0.641. The summed E-state index contributed by atoms with van der Waals surface area (Å²) in [6, 6.07) is 0. The Morgan fingerprint density at radius 1 is 1.35 bits per heavy atom. The Morgan fingerprint density at radius 2 is 1.94 bits per heavy atom. The lowest BCUT2D eigenvalue weighted by Crippen LogP contribution is -2.47. The topological polar surface area (TPSA) is 23.5 Å². The van der Waals surface area contributed by atoms with Gasteiger partial charge in [-0.3, -0.25) is 0 Å². The van der Waals surface area contributed by atoms with Crippen molar-refractivity contribution in [2.24, 2.45) is 11.3 Å². The molecule has 1 saturated carbocycles. The summed E-state index contributed by atoms with van der Waals surface area (Å²) < 4.78 is 0. The normalized spacial score (nSPS) is 29.6. The number of nitrogens with zero attached hydrogens (tertiary/aromatic N) is 1. The van der Waals surface area contributed by atoms with Gasteiger partial charge in [-0.2, -0.15) is 0 Å². The van der Waals surface area contributed by atoms with Gasteiger partial charge in [-0.05, 0) is 57.9 Å². The van der Waals surface area contributed by atoms with E-state index < -0.39 is 0 Å². The molecule has 1 aliphatic carbocycles. The first-order chi connectivity index (χ1) is 7.68. The van der Waals surface area contributed by atoms with Gasteiger partial charge in [0.25, 0.3) is 0 Å². The van der Waals surface area contributed by atoms with Crippen LogP contribution in [0.3, 0.4) is 0 Å². The molecule has 0 saturated heterocycles. The maximum absolute atomic E-state index is 10.2. The van der Waals surface area contributed by atoms with Crippen LogP contribution in [0.4, 0.5) is 0 Å². The monoisotopic (exact) mass is 241 g/mol. The third kappa shape index (κ3) is 3.96. The van der Waals surface area contributed by atoms with E-state index in [0.717, 1.165) is 32.2 Å². The van der Waals surface area contributed by atoms with Crippen molar-refractivity contribution in [3.05, 3.63) is 0 Å². The lowest BCUT2D eigenvalue weighted by atomic mass is 9.70. The zero-order valence-electron chi connectivity index (χ0n) is 12.6. The zero-order valence-corrected chi connectivity index (χ0v) is 12.6. The van der Waals surface area contributed by atoms with Crippen molar-refractivity contribution in [1.82, 2.24) is 4.90 Å². The highest BCUT2D eigenvalue weighted by Gasteiger charge is 2.35. The van der Waals surface area contributed by atoms with Gasteiger partial charge in [0.1, 0.15) is 0 Å². The van der Waals surface area contributed by atoms with Gasteiger partial charge in [-0.15, -0.1) is 0 Å². The zero-order chi connectivity index (χ0) is 13.3. The molecule has 0 aromatic heterocycles. The minimum Gasteiger partial charge on any atom is -0.393 e. The van der Waals surface area contributed by atoms with Crippen LogP contribution in [0, 0.1) is 11.3 Å². The fourth-order valence-corrected chi connectivity index (χ4v) is 2.78. The first-order valence-electron chi connectivity index (χ1n) is 7.07. The predicted octanol–water partition coefficient (Wildman–Crippen LogP) is 3.29. The molecule has 1 rings (SSSR count). The van der Waals surface area contributed by atoms with Crippen LogP contribution in [0.5, 0.6) is 0 Å². The molecule has 0 amide bonds. The fraction of sp³-hybridized carbons (Fsp3) is 1.00. The van der Waals surface area contributed by atoms with E-state index in [1.807, 2.05) is 0 Å². The highest BCUT2D eigenvalue weighted by Crippen LogP contribution is 2.39. The molecule has 102 valence electrons. The quantitative estimate of drug-likeness (QED) is 0.816. The number of rotatable bonds is 4. The molecule has 2 atom stereocenters. The van der Waals surface area contributed by atoms with Crippen molar-refractivity contribution >= 4 is 0 Å². The molecule has 2 unspecified atom stereocenters. The molecule has 0 bridgehead atoms. The van der Waals surface area contributed by atoms with Crippen molar-refractivity contribution in [3.63, 3.8) is 0 Å². The first-order valence-corrected chi connectivity index (χ1v) is 7.07. The van der Waals surface area contributed by atoms with Gasteiger partial charge in [0.15, 0.2) is 0 Å². The van der Waals surface area contributed by atoms with Gasteiger partial charge in [0.05, 0.1) is 6.10 Å². The molecule has 0 spiro atoms. The van der Waals surface area contributed by atoms with Crippen LogP contribution < -0.4 is 0 Å². The summed E-state index contributed by atoms with van der Waals surface area (Å²) in [7, 11) is 2.19. The van der Waals surface area contributed by atoms with Crippen LogP contribution in [-0.2, 0) is 0 Å². The highest BCUT2D eigenvalue weighted by molar-refractivity contribution is 4.88. The van der Waals surface area contributed by atoms with Gasteiger partial charge >= 0.3 is 0 Å². The smallest absolute Gasteiger partial charge is 0.0581 e. The van der Waals surface area contributed by atoms with Crippen LogP contribution in [0.2, 0.25) is 0 Å². The fourth-order valence-electron chi connectivity index (χ4n) is 2.78. The van der Waals surface area contributed by atoms with Crippen LogP contribution in [0.15, 0.2) is 0 Å². The lowest BCUT2D eigenvalue weighted by molar-refractivity contribution is -0.00740. The third-order valence-electron chi connectivity index (χ3n) is 4.88. The molecule has 1 aliphatic rings. The van der Waals surface area contributed by atoms with Crippen molar-refractivity contribution in [3.8, 4) is 0 Å². The van der Waals surface area contributed by atoms with Crippen LogP contribution in [0.1, 0.15) is 60.3 Å². The molecule has 1 N–H and O–H groups in total. The second-order valence-corrected chi connectivity index (χ2v) is 7.28. The summed E-state index contributed by atoms with van der Waals surface area (Å²) in [6.45, 7) is 12.5. The Hall–Kier alpha value is -0.0800. The van der Waals surface area contributed by atoms with Gasteiger partial charge in [-0.1, -0.05) is 20.8 Å². The van der Waals surface area contributed by atoms with Crippen molar-refractivity contribution in [1.29, 1.82) is 0 Å². The largest absolute Gasteiger partial charge is 0.393 e. The van der Waals surface area contributed by atoms with E-state index in [2.05, 4.69) is 46.6 Å². The Labute approximate surface area is 107 Å². The van der Waals surface area contributed by atoms with E-state index >= 15 is 0 Å². The molecule has 1 fully saturated rings. The number of aliphatic hydroxyl groups is 1. The van der Waals surface area contributed by atoms with E-state index in [1.165, 1.54) is 0 Å². The maximum atomic E-state index is 10.2.